The van der Waals surface area contributed by atoms with Crippen LogP contribution in [-0.4, -0.2) is 13.6 Å². The first-order chi connectivity index (χ1) is 2.00. The smallest absolute Gasteiger partial charge is 0 e. The molecule has 0 aliphatic rings. The van der Waals surface area contributed by atoms with Crippen LogP contribution >= 0.6 is 0 Å². The summed E-state index contributed by atoms with van der Waals surface area (Å²) >= 11 is 0. The van der Waals surface area contributed by atoms with Crippen LogP contribution in [0.3, 0.4) is 0 Å². The quantitative estimate of drug-likeness (QED) is 0.366. The topological polar surface area (TPSA) is 34.1 Å². The zero-order valence-electron chi connectivity index (χ0n) is 2.64. The molecule has 0 aliphatic heterocycles. The Hall–Kier alpha value is 0.353. The Kier molecular flexibility index (Phi) is 4460. The Labute approximate surface area is 57.1 Å². The Morgan fingerprint density at radius 3 is 0.667 bits per heavy atom. The first kappa shape index (κ1) is 32.9. The minimum absolute atomic E-state index is 0. The Morgan fingerprint density at radius 2 is 0.667 bits per heavy atom. The summed E-state index contributed by atoms with van der Waals surface area (Å²) in [6.07, 6.45) is 0. The van der Waals surface area contributed by atoms with Crippen molar-refractivity contribution in [1.29, 1.82) is 0 Å². The third-order valence-corrected chi connectivity index (χ3v) is 0. The second kappa shape index (κ2) is 814. The monoisotopic (exact) mass is 176 g/mol. The van der Waals surface area contributed by atoms with Crippen molar-refractivity contribution in [3.63, 3.8) is 0 Å². The maximum atomic E-state index is 7.75. The van der Waals surface area contributed by atoms with E-state index in [1.54, 1.807) is 0 Å². The van der Waals surface area contributed by atoms with Crippen molar-refractivity contribution < 1.29 is 43.1 Å². The molecule has 0 aromatic heterocycles. The van der Waals surface area contributed by atoms with Crippen LogP contribution in [0.4, 0.5) is 0 Å². The molecule has 0 unspecified atom stereocenters. The van der Waals surface area contributed by atoms with Gasteiger partial charge in [0.2, 0.25) is 0 Å². The van der Waals surface area contributed by atoms with Gasteiger partial charge in [0.15, 0.2) is 0 Å². The SMILES string of the molecule is [CH-]=O.[CH-]=O.[Co].[Co]. The van der Waals surface area contributed by atoms with Crippen molar-refractivity contribution in [2.75, 3.05) is 0 Å². The molecular formula is C2H2Co2O2-2. The van der Waals surface area contributed by atoms with Crippen molar-refractivity contribution >= 4 is 13.6 Å². The molecule has 0 spiro atoms. The average molecular weight is 176 g/mol. The molecule has 4 heteroatoms. The van der Waals surface area contributed by atoms with Gasteiger partial charge in [-0.25, -0.2) is 0 Å². The normalized spacial score (nSPS) is 1.33. The molecule has 0 amide bonds. The molecule has 0 saturated carbocycles. The molecule has 0 aromatic rings. The van der Waals surface area contributed by atoms with Gasteiger partial charge in [0.05, 0.1) is 0 Å². The summed E-state index contributed by atoms with van der Waals surface area (Å²) in [6.45, 7) is 6.50. The minimum atomic E-state index is 0. The number of hydrogen-bond acceptors (Lipinski definition) is 2. The summed E-state index contributed by atoms with van der Waals surface area (Å²) in [7, 11) is 0. The van der Waals surface area contributed by atoms with E-state index in [0.717, 1.165) is 0 Å². The van der Waals surface area contributed by atoms with Crippen molar-refractivity contribution in [2.45, 2.75) is 0 Å². The van der Waals surface area contributed by atoms with Gasteiger partial charge in [-0.15, -0.1) is 0 Å². The van der Waals surface area contributed by atoms with Crippen LogP contribution in [0.25, 0.3) is 0 Å². The molecule has 2 radical (unpaired) electrons. The van der Waals surface area contributed by atoms with Gasteiger partial charge in [0, 0.05) is 33.6 Å². The van der Waals surface area contributed by atoms with Crippen molar-refractivity contribution in [3.05, 3.63) is 0 Å². The van der Waals surface area contributed by atoms with Gasteiger partial charge in [-0.2, -0.15) is 0 Å². The average Bonchev–Trinajstić information content (AvgIpc) is 1.50. The molecule has 42 valence electrons. The van der Waals surface area contributed by atoms with Crippen LogP contribution < -0.4 is 0 Å². The van der Waals surface area contributed by atoms with E-state index in [2.05, 4.69) is 13.6 Å². The van der Waals surface area contributed by atoms with Crippen molar-refractivity contribution in [2.24, 2.45) is 0 Å². The van der Waals surface area contributed by atoms with E-state index in [-0.39, 0.29) is 33.6 Å². The molecule has 0 aliphatic carbocycles. The molecule has 0 bridgehead atoms. The van der Waals surface area contributed by atoms with Crippen LogP contribution in [0.5, 0.6) is 0 Å². The van der Waals surface area contributed by atoms with Crippen molar-refractivity contribution in [3.8, 4) is 0 Å². The van der Waals surface area contributed by atoms with Crippen LogP contribution in [-0.2, 0) is 43.1 Å². The fraction of sp³-hybridized carbons (Fsp3) is 0. The first-order valence-corrected chi connectivity index (χ1v) is 0.471. The second-order valence-corrected chi connectivity index (χ2v) is 0. The van der Waals surface area contributed by atoms with Gasteiger partial charge in [0.25, 0.3) is 0 Å². The van der Waals surface area contributed by atoms with E-state index in [0.29, 0.717) is 0 Å². The molecule has 6 heavy (non-hydrogen) atoms. The summed E-state index contributed by atoms with van der Waals surface area (Å²) in [5, 5.41) is 0. The fourth-order valence-corrected chi connectivity index (χ4v) is 0. The first-order valence-electron chi connectivity index (χ1n) is 0.471. The largest absolute Gasteiger partial charge is 0.545 e. The van der Waals surface area contributed by atoms with Crippen molar-refractivity contribution in [1.82, 2.24) is 0 Å². The summed E-state index contributed by atoms with van der Waals surface area (Å²) < 4.78 is 0. The van der Waals surface area contributed by atoms with Gasteiger partial charge in [-0.3, -0.25) is 13.6 Å². The summed E-state index contributed by atoms with van der Waals surface area (Å²) in [5.41, 5.74) is 0. The molecule has 0 saturated heterocycles. The van der Waals surface area contributed by atoms with Crippen LogP contribution in [0.2, 0.25) is 0 Å². The van der Waals surface area contributed by atoms with E-state index < -0.39 is 0 Å². The van der Waals surface area contributed by atoms with Gasteiger partial charge in [0.1, 0.15) is 0 Å². The molecule has 2 nitrogen and oxygen atoms in total. The van der Waals surface area contributed by atoms with E-state index in [1.165, 1.54) is 0 Å². The molecule has 0 rings (SSSR count). The maximum Gasteiger partial charge on any atom is 0 e. The molecular weight excluding hydrogens is 174 g/mol. The van der Waals surface area contributed by atoms with Crippen LogP contribution in [0.1, 0.15) is 0 Å². The second-order valence-electron chi connectivity index (χ2n) is 0. The molecule has 0 heterocycles. The standard InChI is InChI=1S/2CHO.2Co/c2*1-2;;/h2*1H;;/q2*-1;;. The number of rotatable bonds is 0. The minimum Gasteiger partial charge on any atom is -0.545 e. The van der Waals surface area contributed by atoms with E-state index in [9.17, 15) is 0 Å². The predicted octanol–water partition coefficient (Wildman–Crippen LogP) is -0.553. The van der Waals surface area contributed by atoms with E-state index in [4.69, 9.17) is 9.59 Å². The molecule has 0 atom stereocenters. The summed E-state index contributed by atoms with van der Waals surface area (Å²) in [6, 6.07) is 0. The summed E-state index contributed by atoms with van der Waals surface area (Å²) in [4.78, 5) is 15.5. The zero-order valence-corrected chi connectivity index (χ0v) is 4.72. The summed E-state index contributed by atoms with van der Waals surface area (Å²) in [5.74, 6) is 0. The Morgan fingerprint density at radius 1 is 0.667 bits per heavy atom. The third-order valence-electron chi connectivity index (χ3n) is 0. The van der Waals surface area contributed by atoms with Crippen LogP contribution in [0.15, 0.2) is 0 Å². The van der Waals surface area contributed by atoms with Crippen LogP contribution in [0, 0.1) is 0 Å². The third kappa shape index (κ3) is 393. The van der Waals surface area contributed by atoms with E-state index >= 15 is 0 Å². The zero-order chi connectivity index (χ0) is 4.00. The van der Waals surface area contributed by atoms with E-state index in [1.807, 2.05) is 0 Å². The van der Waals surface area contributed by atoms with Gasteiger partial charge in [-0.1, -0.05) is 0 Å². The van der Waals surface area contributed by atoms with Gasteiger partial charge >= 0.3 is 0 Å². The maximum absolute atomic E-state index is 7.75. The number of carbonyl (C=O) groups excluding carboxylic acids is 2. The Bertz CT molecular complexity index is 11.5. The number of hydrogen-bond donors (Lipinski definition) is 0. The molecule has 0 aromatic carbocycles. The fourth-order valence-electron chi connectivity index (χ4n) is 0. The molecule has 0 fully saturated rings. The molecule has 0 N–H and O–H groups in total. The van der Waals surface area contributed by atoms with Gasteiger partial charge in [-0.05, 0) is 0 Å². The van der Waals surface area contributed by atoms with Gasteiger partial charge < -0.3 is 9.59 Å². The predicted molar refractivity (Wildman–Crippen MR) is 13.5 cm³/mol. The Balaban J connectivity index is -0.00000000500.